The molecule has 0 spiro atoms. The SMILES string of the molecule is CCNC(=O)CCC(CN)c1ccco1. The minimum Gasteiger partial charge on any atom is -0.469 e. The number of nitrogens with one attached hydrogen (secondary N) is 1. The summed E-state index contributed by atoms with van der Waals surface area (Å²) in [4.78, 5) is 11.3. The van der Waals surface area contributed by atoms with Gasteiger partial charge in [0.05, 0.1) is 6.26 Å². The molecule has 0 aliphatic heterocycles. The van der Waals surface area contributed by atoms with E-state index in [1.165, 1.54) is 0 Å². The smallest absolute Gasteiger partial charge is 0.220 e. The summed E-state index contributed by atoms with van der Waals surface area (Å²) in [7, 11) is 0. The lowest BCUT2D eigenvalue weighted by atomic mass is 10.0. The van der Waals surface area contributed by atoms with Gasteiger partial charge in [-0.15, -0.1) is 0 Å². The highest BCUT2D eigenvalue weighted by molar-refractivity contribution is 5.75. The van der Waals surface area contributed by atoms with Gasteiger partial charge in [0.2, 0.25) is 5.91 Å². The van der Waals surface area contributed by atoms with Crippen LogP contribution in [0.1, 0.15) is 31.4 Å². The Bertz CT molecular complexity index is 283. The van der Waals surface area contributed by atoms with Crippen LogP contribution in [0.3, 0.4) is 0 Å². The molecule has 0 saturated carbocycles. The van der Waals surface area contributed by atoms with Gasteiger partial charge in [0, 0.05) is 25.4 Å². The zero-order valence-electron chi connectivity index (χ0n) is 9.03. The lowest BCUT2D eigenvalue weighted by molar-refractivity contribution is -0.121. The minimum absolute atomic E-state index is 0.0718. The maximum atomic E-state index is 11.3. The van der Waals surface area contributed by atoms with Crippen molar-refractivity contribution in [3.63, 3.8) is 0 Å². The molecule has 84 valence electrons. The molecule has 0 saturated heterocycles. The van der Waals surface area contributed by atoms with Gasteiger partial charge >= 0.3 is 0 Å². The Labute approximate surface area is 89.8 Å². The Balaban J connectivity index is 2.38. The first-order chi connectivity index (χ1) is 7.27. The van der Waals surface area contributed by atoms with E-state index in [9.17, 15) is 4.79 Å². The second-order valence-corrected chi connectivity index (χ2v) is 3.44. The molecule has 0 bridgehead atoms. The van der Waals surface area contributed by atoms with Gasteiger partial charge < -0.3 is 15.5 Å². The van der Waals surface area contributed by atoms with E-state index in [4.69, 9.17) is 10.2 Å². The number of rotatable bonds is 6. The molecule has 0 fully saturated rings. The first kappa shape index (κ1) is 11.8. The number of amides is 1. The van der Waals surface area contributed by atoms with Gasteiger partial charge in [-0.05, 0) is 25.5 Å². The third-order valence-corrected chi connectivity index (χ3v) is 2.32. The number of hydrogen-bond acceptors (Lipinski definition) is 3. The van der Waals surface area contributed by atoms with E-state index in [0.717, 1.165) is 12.2 Å². The van der Waals surface area contributed by atoms with Gasteiger partial charge in [-0.3, -0.25) is 4.79 Å². The number of carbonyl (C=O) groups is 1. The van der Waals surface area contributed by atoms with Crippen LogP contribution in [0.15, 0.2) is 22.8 Å². The number of hydrogen-bond donors (Lipinski definition) is 2. The van der Waals surface area contributed by atoms with Gasteiger partial charge in [-0.1, -0.05) is 0 Å². The second-order valence-electron chi connectivity index (χ2n) is 3.44. The number of nitrogens with two attached hydrogens (primary N) is 1. The molecule has 3 N–H and O–H groups in total. The summed E-state index contributed by atoms with van der Waals surface area (Å²) in [5.74, 6) is 1.08. The minimum atomic E-state index is 0.0718. The first-order valence-corrected chi connectivity index (χ1v) is 5.28. The highest BCUT2D eigenvalue weighted by atomic mass is 16.3. The van der Waals surface area contributed by atoms with Gasteiger partial charge in [0.25, 0.3) is 0 Å². The van der Waals surface area contributed by atoms with Crippen molar-refractivity contribution in [3.05, 3.63) is 24.2 Å². The Kier molecular flexibility index (Phi) is 4.90. The summed E-state index contributed by atoms with van der Waals surface area (Å²) in [6.45, 7) is 3.09. The van der Waals surface area contributed by atoms with Gasteiger partial charge in [0.1, 0.15) is 5.76 Å². The molecule has 4 heteroatoms. The third-order valence-electron chi connectivity index (χ3n) is 2.32. The van der Waals surface area contributed by atoms with Crippen LogP contribution >= 0.6 is 0 Å². The molecule has 1 unspecified atom stereocenters. The third kappa shape index (κ3) is 3.75. The highest BCUT2D eigenvalue weighted by Gasteiger charge is 2.13. The van der Waals surface area contributed by atoms with E-state index in [0.29, 0.717) is 19.5 Å². The monoisotopic (exact) mass is 210 g/mol. The van der Waals surface area contributed by atoms with Crippen molar-refractivity contribution in [2.45, 2.75) is 25.7 Å². The van der Waals surface area contributed by atoms with Crippen LogP contribution in [0.25, 0.3) is 0 Å². The van der Waals surface area contributed by atoms with E-state index in [2.05, 4.69) is 5.32 Å². The summed E-state index contributed by atoms with van der Waals surface area (Å²) >= 11 is 0. The standard InChI is InChI=1S/C11H18N2O2/c1-2-13-11(14)6-5-9(8-12)10-4-3-7-15-10/h3-4,7,9H,2,5-6,8,12H2,1H3,(H,13,14). The van der Waals surface area contributed by atoms with Crippen molar-refractivity contribution in [2.24, 2.45) is 5.73 Å². The Hall–Kier alpha value is -1.29. The number of carbonyl (C=O) groups excluding carboxylic acids is 1. The molecule has 4 nitrogen and oxygen atoms in total. The second kappa shape index (κ2) is 6.24. The van der Waals surface area contributed by atoms with Gasteiger partial charge in [-0.25, -0.2) is 0 Å². The summed E-state index contributed by atoms with van der Waals surface area (Å²) in [5.41, 5.74) is 5.63. The molecule has 0 aliphatic carbocycles. The van der Waals surface area contributed by atoms with Crippen LogP contribution in [0, 0.1) is 0 Å². The van der Waals surface area contributed by atoms with E-state index < -0.39 is 0 Å². The lowest BCUT2D eigenvalue weighted by Gasteiger charge is -2.11. The molecule has 1 atom stereocenters. The van der Waals surface area contributed by atoms with Crippen LogP contribution in [0.4, 0.5) is 0 Å². The van der Waals surface area contributed by atoms with Crippen molar-refractivity contribution in [1.82, 2.24) is 5.32 Å². The van der Waals surface area contributed by atoms with Crippen molar-refractivity contribution >= 4 is 5.91 Å². The van der Waals surface area contributed by atoms with E-state index in [1.807, 2.05) is 19.1 Å². The van der Waals surface area contributed by atoms with Crippen molar-refractivity contribution in [1.29, 1.82) is 0 Å². The van der Waals surface area contributed by atoms with E-state index in [-0.39, 0.29) is 11.8 Å². The predicted molar refractivity (Wildman–Crippen MR) is 58.4 cm³/mol. The fourth-order valence-electron chi connectivity index (χ4n) is 1.49. The van der Waals surface area contributed by atoms with Crippen LogP contribution in [-0.4, -0.2) is 19.0 Å². The average molecular weight is 210 g/mol. The molecule has 0 aromatic carbocycles. The molecular formula is C11H18N2O2. The molecule has 1 heterocycles. The molecule has 0 radical (unpaired) electrons. The van der Waals surface area contributed by atoms with Crippen LogP contribution in [0.2, 0.25) is 0 Å². The molecular weight excluding hydrogens is 192 g/mol. The first-order valence-electron chi connectivity index (χ1n) is 5.28. The summed E-state index contributed by atoms with van der Waals surface area (Å²) in [6, 6.07) is 3.74. The Morgan fingerprint density at radius 1 is 1.67 bits per heavy atom. The normalized spacial score (nSPS) is 12.4. The molecule has 1 rings (SSSR count). The Morgan fingerprint density at radius 2 is 2.47 bits per heavy atom. The van der Waals surface area contributed by atoms with E-state index in [1.54, 1.807) is 6.26 Å². The molecule has 1 aromatic heterocycles. The average Bonchev–Trinajstić information content (AvgIpc) is 2.72. The molecule has 1 amide bonds. The van der Waals surface area contributed by atoms with Gasteiger partial charge in [-0.2, -0.15) is 0 Å². The lowest BCUT2D eigenvalue weighted by Crippen LogP contribution is -2.23. The fourth-order valence-corrected chi connectivity index (χ4v) is 1.49. The molecule has 1 aromatic rings. The largest absolute Gasteiger partial charge is 0.469 e. The maximum Gasteiger partial charge on any atom is 0.220 e. The van der Waals surface area contributed by atoms with Crippen molar-refractivity contribution in [2.75, 3.05) is 13.1 Å². The van der Waals surface area contributed by atoms with Crippen molar-refractivity contribution in [3.8, 4) is 0 Å². The Morgan fingerprint density at radius 3 is 3.00 bits per heavy atom. The molecule has 0 aliphatic rings. The van der Waals surface area contributed by atoms with Gasteiger partial charge in [0.15, 0.2) is 0 Å². The summed E-state index contributed by atoms with van der Waals surface area (Å²) in [6.07, 6.45) is 2.86. The topological polar surface area (TPSA) is 68.3 Å². The predicted octanol–water partition coefficient (Wildman–Crippen LogP) is 1.24. The summed E-state index contributed by atoms with van der Waals surface area (Å²) < 4.78 is 5.27. The van der Waals surface area contributed by atoms with Crippen LogP contribution < -0.4 is 11.1 Å². The summed E-state index contributed by atoms with van der Waals surface area (Å²) in [5, 5.41) is 2.76. The quantitative estimate of drug-likeness (QED) is 0.742. The van der Waals surface area contributed by atoms with Crippen LogP contribution in [-0.2, 0) is 4.79 Å². The van der Waals surface area contributed by atoms with E-state index >= 15 is 0 Å². The number of furan rings is 1. The zero-order chi connectivity index (χ0) is 11.1. The zero-order valence-corrected chi connectivity index (χ0v) is 9.03. The maximum absolute atomic E-state index is 11.3. The fraction of sp³-hybridized carbons (Fsp3) is 0.545. The molecule has 15 heavy (non-hydrogen) atoms. The highest BCUT2D eigenvalue weighted by Crippen LogP contribution is 2.20. The van der Waals surface area contributed by atoms with Crippen molar-refractivity contribution < 1.29 is 9.21 Å². The van der Waals surface area contributed by atoms with Crippen LogP contribution in [0.5, 0.6) is 0 Å².